The van der Waals surface area contributed by atoms with E-state index in [1.54, 1.807) is 0 Å². The molecule has 1 heterocycles. The first-order valence-corrected chi connectivity index (χ1v) is 6.33. The predicted molar refractivity (Wildman–Crippen MR) is 66.6 cm³/mol. The van der Waals surface area contributed by atoms with Gasteiger partial charge in [0.25, 0.3) is 0 Å². The summed E-state index contributed by atoms with van der Waals surface area (Å²) in [6, 6.07) is -0.529. The van der Waals surface area contributed by atoms with Crippen molar-refractivity contribution in [2.45, 2.75) is 38.1 Å². The monoisotopic (exact) mass is 272 g/mol. The van der Waals surface area contributed by atoms with E-state index < -0.39 is 23.5 Å². The van der Waals surface area contributed by atoms with Gasteiger partial charge in [0.05, 0.1) is 7.11 Å². The molecule has 0 aromatic carbocycles. The van der Waals surface area contributed by atoms with Crippen molar-refractivity contribution in [3.63, 3.8) is 0 Å². The minimum absolute atomic E-state index is 0.256. The van der Waals surface area contributed by atoms with Crippen molar-refractivity contribution in [1.29, 1.82) is 0 Å². The number of carbonyl (C=O) groups is 3. The van der Waals surface area contributed by atoms with Gasteiger partial charge in [-0.15, -0.1) is 0 Å². The molecule has 7 heteroatoms. The summed E-state index contributed by atoms with van der Waals surface area (Å²) >= 11 is 0. The number of hydrogen-bond donors (Lipinski definition) is 2. The number of carbonyl (C=O) groups excluding carboxylic acids is 2. The summed E-state index contributed by atoms with van der Waals surface area (Å²) in [6.45, 7) is 2.01. The largest absolute Gasteiger partial charge is 0.479 e. The molecule has 0 aromatic rings. The summed E-state index contributed by atoms with van der Waals surface area (Å²) < 4.78 is 4.42. The van der Waals surface area contributed by atoms with E-state index >= 15 is 0 Å². The lowest BCUT2D eigenvalue weighted by Gasteiger charge is -2.34. The second-order valence-electron chi connectivity index (χ2n) is 4.58. The molecule has 1 rings (SSSR count). The molecule has 19 heavy (non-hydrogen) atoms. The van der Waals surface area contributed by atoms with E-state index in [4.69, 9.17) is 0 Å². The standard InChI is InChI=1S/C12H20N2O5/c1-3-5-12(10(16)17)6-4-7-14(12)11(18)13-8-9(15)19-2/h3-8H2,1-2H3,(H,13,18)(H,16,17). The molecular formula is C12H20N2O5. The number of nitrogens with one attached hydrogen (secondary N) is 1. The molecule has 1 fully saturated rings. The van der Waals surface area contributed by atoms with Crippen LogP contribution in [0.4, 0.5) is 4.79 Å². The van der Waals surface area contributed by atoms with E-state index in [1.165, 1.54) is 12.0 Å². The van der Waals surface area contributed by atoms with Gasteiger partial charge in [0.2, 0.25) is 0 Å². The number of esters is 1. The fourth-order valence-electron chi connectivity index (χ4n) is 2.49. The Bertz CT molecular complexity index is 371. The summed E-state index contributed by atoms with van der Waals surface area (Å²) in [5.41, 5.74) is -1.14. The molecule has 1 atom stereocenters. The summed E-state index contributed by atoms with van der Waals surface area (Å²) in [5, 5.41) is 11.8. The van der Waals surface area contributed by atoms with Crippen molar-refractivity contribution in [2.75, 3.05) is 20.2 Å². The van der Waals surface area contributed by atoms with Gasteiger partial charge in [0.15, 0.2) is 0 Å². The number of nitrogens with zero attached hydrogens (tertiary/aromatic N) is 1. The van der Waals surface area contributed by atoms with E-state index in [1.807, 2.05) is 6.92 Å². The number of carboxylic acids is 1. The third-order valence-electron chi connectivity index (χ3n) is 3.41. The quantitative estimate of drug-likeness (QED) is 0.714. The molecule has 0 saturated carbocycles. The van der Waals surface area contributed by atoms with Crippen LogP contribution in [-0.4, -0.2) is 53.7 Å². The lowest BCUT2D eigenvalue weighted by Crippen LogP contribution is -2.56. The lowest BCUT2D eigenvalue weighted by molar-refractivity contribution is -0.148. The highest BCUT2D eigenvalue weighted by Gasteiger charge is 2.49. The smallest absolute Gasteiger partial charge is 0.329 e. The molecular weight excluding hydrogens is 252 g/mol. The Labute approximate surface area is 111 Å². The van der Waals surface area contributed by atoms with E-state index in [0.29, 0.717) is 32.2 Å². The van der Waals surface area contributed by atoms with Crippen LogP contribution in [0.2, 0.25) is 0 Å². The zero-order chi connectivity index (χ0) is 14.5. The number of carboxylic acid groups (broad SMARTS) is 1. The number of likely N-dealkylation sites (tertiary alicyclic amines) is 1. The fraction of sp³-hybridized carbons (Fsp3) is 0.750. The van der Waals surface area contributed by atoms with Crippen molar-refractivity contribution < 1.29 is 24.2 Å². The van der Waals surface area contributed by atoms with Crippen LogP contribution < -0.4 is 5.32 Å². The zero-order valence-corrected chi connectivity index (χ0v) is 11.3. The number of ether oxygens (including phenoxy) is 1. The van der Waals surface area contributed by atoms with Crippen LogP contribution >= 0.6 is 0 Å². The molecule has 0 spiro atoms. The SMILES string of the molecule is CCCC1(C(=O)O)CCCN1C(=O)NCC(=O)OC. The number of hydrogen-bond acceptors (Lipinski definition) is 4. The second-order valence-corrected chi connectivity index (χ2v) is 4.58. The molecule has 0 aromatic heterocycles. The summed E-state index contributed by atoms with van der Waals surface area (Å²) in [4.78, 5) is 35.8. The van der Waals surface area contributed by atoms with E-state index in [-0.39, 0.29) is 6.54 Å². The molecule has 2 N–H and O–H groups in total. The van der Waals surface area contributed by atoms with Crippen LogP contribution in [0.15, 0.2) is 0 Å². The van der Waals surface area contributed by atoms with Gasteiger partial charge in [-0.05, 0) is 19.3 Å². The average Bonchev–Trinajstić information content (AvgIpc) is 2.81. The third-order valence-corrected chi connectivity index (χ3v) is 3.41. The molecule has 1 aliphatic heterocycles. The molecule has 1 unspecified atom stereocenters. The van der Waals surface area contributed by atoms with Gasteiger partial charge in [0.1, 0.15) is 12.1 Å². The maximum absolute atomic E-state index is 12.0. The van der Waals surface area contributed by atoms with E-state index in [2.05, 4.69) is 10.1 Å². The summed E-state index contributed by atoms with van der Waals surface area (Å²) in [7, 11) is 1.23. The number of rotatable bonds is 5. The number of amides is 2. The number of urea groups is 1. The predicted octanol–water partition coefficient (Wildman–Crippen LogP) is 0.588. The van der Waals surface area contributed by atoms with Crippen LogP contribution in [0.1, 0.15) is 32.6 Å². The minimum Gasteiger partial charge on any atom is -0.479 e. The molecule has 1 saturated heterocycles. The maximum Gasteiger partial charge on any atom is 0.329 e. The minimum atomic E-state index is -1.14. The highest BCUT2D eigenvalue weighted by atomic mass is 16.5. The van der Waals surface area contributed by atoms with Gasteiger partial charge in [-0.3, -0.25) is 4.79 Å². The summed E-state index contributed by atoms with van der Waals surface area (Å²) in [5.74, 6) is -1.55. The number of aliphatic carboxylic acids is 1. The normalized spacial score (nSPS) is 22.1. The van der Waals surface area contributed by atoms with Gasteiger partial charge in [-0.25, -0.2) is 9.59 Å². The van der Waals surface area contributed by atoms with Gasteiger partial charge in [0, 0.05) is 6.54 Å². The molecule has 2 amide bonds. The first-order chi connectivity index (χ1) is 8.97. The Morgan fingerprint density at radius 2 is 2.11 bits per heavy atom. The van der Waals surface area contributed by atoms with Crippen molar-refractivity contribution in [2.24, 2.45) is 0 Å². The van der Waals surface area contributed by atoms with Crippen molar-refractivity contribution >= 4 is 18.0 Å². The topological polar surface area (TPSA) is 95.9 Å². The lowest BCUT2D eigenvalue weighted by atomic mass is 9.91. The van der Waals surface area contributed by atoms with Crippen molar-refractivity contribution in [3.8, 4) is 0 Å². The average molecular weight is 272 g/mol. The highest BCUT2D eigenvalue weighted by Crippen LogP contribution is 2.33. The molecule has 108 valence electrons. The van der Waals surface area contributed by atoms with Gasteiger partial charge < -0.3 is 20.1 Å². The highest BCUT2D eigenvalue weighted by molar-refractivity contribution is 5.88. The molecule has 0 bridgehead atoms. The molecule has 0 radical (unpaired) electrons. The first kappa shape index (κ1) is 15.3. The number of methoxy groups -OCH3 is 1. The van der Waals surface area contributed by atoms with Gasteiger partial charge in [-0.2, -0.15) is 0 Å². The third kappa shape index (κ3) is 3.15. The van der Waals surface area contributed by atoms with Crippen LogP contribution in [-0.2, 0) is 14.3 Å². The first-order valence-electron chi connectivity index (χ1n) is 6.33. The van der Waals surface area contributed by atoms with Gasteiger partial charge >= 0.3 is 18.0 Å². The van der Waals surface area contributed by atoms with Gasteiger partial charge in [-0.1, -0.05) is 13.3 Å². The Morgan fingerprint density at radius 3 is 2.63 bits per heavy atom. The van der Waals surface area contributed by atoms with E-state index in [9.17, 15) is 19.5 Å². The van der Waals surface area contributed by atoms with Crippen LogP contribution in [0, 0.1) is 0 Å². The van der Waals surface area contributed by atoms with Crippen molar-refractivity contribution in [3.05, 3.63) is 0 Å². The zero-order valence-electron chi connectivity index (χ0n) is 11.3. The molecule has 1 aliphatic rings. The van der Waals surface area contributed by atoms with Crippen LogP contribution in [0.25, 0.3) is 0 Å². The molecule has 7 nitrogen and oxygen atoms in total. The maximum atomic E-state index is 12.0. The second kappa shape index (κ2) is 6.40. The molecule has 0 aliphatic carbocycles. The summed E-state index contributed by atoms with van der Waals surface area (Å²) in [6.07, 6.45) is 2.18. The Kier molecular flexibility index (Phi) is 5.14. The fourth-order valence-corrected chi connectivity index (χ4v) is 2.49. The Morgan fingerprint density at radius 1 is 1.42 bits per heavy atom. The van der Waals surface area contributed by atoms with Crippen LogP contribution in [0.3, 0.4) is 0 Å². The van der Waals surface area contributed by atoms with Crippen LogP contribution in [0.5, 0.6) is 0 Å². The van der Waals surface area contributed by atoms with Crippen molar-refractivity contribution in [1.82, 2.24) is 10.2 Å². The van der Waals surface area contributed by atoms with E-state index in [0.717, 1.165) is 0 Å². The Balaban J connectivity index is 2.76. The Hall–Kier alpha value is -1.79.